The third kappa shape index (κ3) is 3.63. The fraction of sp³-hybridized carbons (Fsp3) is 0.857. The maximum Gasteiger partial charge on any atom is 0.327 e. The van der Waals surface area contributed by atoms with Crippen LogP contribution in [-0.2, 0) is 4.79 Å². The largest absolute Gasteiger partial charge is 0.480 e. The van der Waals surface area contributed by atoms with Gasteiger partial charge in [0.15, 0.2) is 0 Å². The van der Waals surface area contributed by atoms with Crippen LogP contribution in [0.2, 0.25) is 0 Å². The molecule has 0 aromatic heterocycles. The van der Waals surface area contributed by atoms with Crippen molar-refractivity contribution in [1.29, 1.82) is 0 Å². The first kappa shape index (κ1) is 15.0. The van der Waals surface area contributed by atoms with Crippen LogP contribution in [0, 0.1) is 5.92 Å². The standard InChI is InChI=1S/C14H23N3O3S/c18-13(19)12-10-21-8-7-17(12)14(20)16-5-3-15(4-6-16)9-11-1-2-11/h11-12H,1-10H2,(H,18,19). The summed E-state index contributed by atoms with van der Waals surface area (Å²) in [6.45, 7) is 5.00. The smallest absolute Gasteiger partial charge is 0.327 e. The molecule has 2 aliphatic heterocycles. The number of carbonyl (C=O) groups excluding carboxylic acids is 1. The lowest BCUT2D eigenvalue weighted by Gasteiger charge is -2.40. The molecule has 3 rings (SSSR count). The van der Waals surface area contributed by atoms with E-state index in [9.17, 15) is 14.7 Å². The molecule has 0 radical (unpaired) electrons. The molecule has 0 bridgehead atoms. The molecule has 2 amide bonds. The van der Waals surface area contributed by atoms with E-state index in [0.717, 1.165) is 37.8 Å². The van der Waals surface area contributed by atoms with Gasteiger partial charge in [0.25, 0.3) is 0 Å². The van der Waals surface area contributed by atoms with E-state index >= 15 is 0 Å². The Kier molecular flexibility index (Phi) is 4.59. The van der Waals surface area contributed by atoms with Gasteiger partial charge in [-0.25, -0.2) is 9.59 Å². The lowest BCUT2D eigenvalue weighted by molar-refractivity contribution is -0.141. The van der Waals surface area contributed by atoms with E-state index in [1.165, 1.54) is 19.4 Å². The molecule has 1 atom stereocenters. The first-order chi connectivity index (χ1) is 10.1. The van der Waals surface area contributed by atoms with Crippen molar-refractivity contribution >= 4 is 23.8 Å². The summed E-state index contributed by atoms with van der Waals surface area (Å²) in [7, 11) is 0. The van der Waals surface area contributed by atoms with Gasteiger partial charge in [-0.15, -0.1) is 0 Å². The molecule has 2 heterocycles. The second-order valence-electron chi connectivity index (χ2n) is 6.14. The molecule has 1 saturated carbocycles. The van der Waals surface area contributed by atoms with Gasteiger partial charge in [-0.05, 0) is 18.8 Å². The van der Waals surface area contributed by atoms with E-state index in [0.29, 0.717) is 12.3 Å². The van der Waals surface area contributed by atoms with Crippen LogP contribution >= 0.6 is 11.8 Å². The van der Waals surface area contributed by atoms with Crippen LogP contribution in [0.3, 0.4) is 0 Å². The minimum absolute atomic E-state index is 0.0891. The lowest BCUT2D eigenvalue weighted by atomic mass is 10.2. The number of carboxylic acid groups (broad SMARTS) is 1. The Bertz CT molecular complexity index is 408. The number of amides is 2. The Morgan fingerprint density at radius 1 is 1.10 bits per heavy atom. The fourth-order valence-corrected chi connectivity index (χ4v) is 4.04. The van der Waals surface area contributed by atoms with E-state index in [-0.39, 0.29) is 6.03 Å². The number of carbonyl (C=O) groups is 2. The van der Waals surface area contributed by atoms with Crippen molar-refractivity contribution in [3.8, 4) is 0 Å². The van der Waals surface area contributed by atoms with E-state index < -0.39 is 12.0 Å². The third-order valence-corrected chi connectivity index (χ3v) is 5.54. The highest BCUT2D eigenvalue weighted by molar-refractivity contribution is 7.99. The molecule has 3 aliphatic rings. The van der Waals surface area contributed by atoms with E-state index in [2.05, 4.69) is 4.90 Å². The third-order valence-electron chi connectivity index (χ3n) is 4.52. The SMILES string of the molecule is O=C(O)C1CSCCN1C(=O)N1CCN(CC2CC2)CC1. The molecule has 2 saturated heterocycles. The van der Waals surface area contributed by atoms with Gasteiger partial charge < -0.3 is 14.9 Å². The summed E-state index contributed by atoms with van der Waals surface area (Å²) < 4.78 is 0. The van der Waals surface area contributed by atoms with Gasteiger partial charge in [0.05, 0.1) is 0 Å². The monoisotopic (exact) mass is 313 g/mol. The highest BCUT2D eigenvalue weighted by Gasteiger charge is 2.36. The summed E-state index contributed by atoms with van der Waals surface area (Å²) in [6, 6.07) is -0.755. The van der Waals surface area contributed by atoms with E-state index in [4.69, 9.17) is 0 Å². The minimum atomic E-state index is -0.886. The van der Waals surface area contributed by atoms with Crippen molar-refractivity contribution in [3.05, 3.63) is 0 Å². The first-order valence-electron chi connectivity index (χ1n) is 7.73. The molecule has 1 aliphatic carbocycles. The number of hydrogen-bond acceptors (Lipinski definition) is 4. The number of thioether (sulfide) groups is 1. The minimum Gasteiger partial charge on any atom is -0.480 e. The number of hydrogen-bond donors (Lipinski definition) is 1. The number of rotatable bonds is 3. The zero-order valence-electron chi connectivity index (χ0n) is 12.2. The molecule has 6 nitrogen and oxygen atoms in total. The van der Waals surface area contributed by atoms with Crippen LogP contribution in [0.5, 0.6) is 0 Å². The molecular weight excluding hydrogens is 290 g/mol. The van der Waals surface area contributed by atoms with Crippen LogP contribution in [0.25, 0.3) is 0 Å². The maximum atomic E-state index is 12.6. The molecule has 1 unspecified atom stereocenters. The zero-order valence-corrected chi connectivity index (χ0v) is 13.1. The molecule has 0 spiro atoms. The topological polar surface area (TPSA) is 64.1 Å². The van der Waals surface area contributed by atoms with Crippen molar-refractivity contribution in [2.75, 3.05) is 50.8 Å². The van der Waals surface area contributed by atoms with Crippen LogP contribution in [0.1, 0.15) is 12.8 Å². The lowest BCUT2D eigenvalue weighted by Crippen LogP contribution is -2.58. The highest BCUT2D eigenvalue weighted by atomic mass is 32.2. The number of piperazine rings is 1. The van der Waals surface area contributed by atoms with Crippen LogP contribution < -0.4 is 0 Å². The fourth-order valence-electron chi connectivity index (χ4n) is 3.01. The Hall–Kier alpha value is -0.950. The summed E-state index contributed by atoms with van der Waals surface area (Å²) in [5.41, 5.74) is 0. The predicted octanol–water partition coefficient (Wildman–Crippen LogP) is 0.636. The van der Waals surface area contributed by atoms with Gasteiger partial charge in [-0.2, -0.15) is 11.8 Å². The number of urea groups is 1. The second-order valence-corrected chi connectivity index (χ2v) is 7.29. The molecule has 7 heteroatoms. The first-order valence-corrected chi connectivity index (χ1v) is 8.89. The van der Waals surface area contributed by atoms with Crippen LogP contribution in [0.15, 0.2) is 0 Å². The van der Waals surface area contributed by atoms with Gasteiger partial charge in [0.2, 0.25) is 0 Å². The molecule has 0 aromatic carbocycles. The Balaban J connectivity index is 1.53. The average Bonchev–Trinajstić information content (AvgIpc) is 3.31. The summed E-state index contributed by atoms with van der Waals surface area (Å²) >= 11 is 1.61. The average molecular weight is 313 g/mol. The Morgan fingerprint density at radius 3 is 2.43 bits per heavy atom. The normalized spacial score (nSPS) is 27.7. The summed E-state index contributed by atoms with van der Waals surface area (Å²) in [5, 5.41) is 9.27. The molecular formula is C14H23N3O3S. The van der Waals surface area contributed by atoms with E-state index in [1.54, 1.807) is 16.7 Å². The Labute approximate surface area is 129 Å². The van der Waals surface area contributed by atoms with E-state index in [1.807, 2.05) is 4.90 Å². The van der Waals surface area contributed by atoms with Crippen molar-refractivity contribution in [2.45, 2.75) is 18.9 Å². The summed E-state index contributed by atoms with van der Waals surface area (Å²) in [4.78, 5) is 29.7. The van der Waals surface area contributed by atoms with Crippen molar-refractivity contribution in [2.24, 2.45) is 5.92 Å². The zero-order chi connectivity index (χ0) is 14.8. The van der Waals surface area contributed by atoms with Crippen LogP contribution in [-0.4, -0.2) is 88.6 Å². The Morgan fingerprint density at radius 2 is 1.81 bits per heavy atom. The molecule has 21 heavy (non-hydrogen) atoms. The molecule has 1 N–H and O–H groups in total. The van der Waals surface area contributed by atoms with Crippen molar-refractivity contribution < 1.29 is 14.7 Å². The second kappa shape index (κ2) is 6.44. The highest BCUT2D eigenvalue weighted by Crippen LogP contribution is 2.30. The maximum absolute atomic E-state index is 12.6. The van der Waals surface area contributed by atoms with Gasteiger partial charge in [0.1, 0.15) is 6.04 Å². The van der Waals surface area contributed by atoms with Crippen molar-refractivity contribution in [3.63, 3.8) is 0 Å². The summed E-state index contributed by atoms with van der Waals surface area (Å²) in [5.74, 6) is 1.32. The van der Waals surface area contributed by atoms with Gasteiger partial charge in [0, 0.05) is 50.8 Å². The van der Waals surface area contributed by atoms with Gasteiger partial charge in [-0.3, -0.25) is 4.90 Å². The molecule has 0 aromatic rings. The molecule has 3 fully saturated rings. The summed E-state index contributed by atoms with van der Waals surface area (Å²) in [6.07, 6.45) is 2.70. The van der Waals surface area contributed by atoms with Gasteiger partial charge >= 0.3 is 12.0 Å². The number of aliphatic carboxylic acids is 1. The molecule has 118 valence electrons. The van der Waals surface area contributed by atoms with Gasteiger partial charge in [-0.1, -0.05) is 0 Å². The predicted molar refractivity (Wildman–Crippen MR) is 81.6 cm³/mol. The van der Waals surface area contributed by atoms with Crippen molar-refractivity contribution in [1.82, 2.24) is 14.7 Å². The van der Waals surface area contributed by atoms with Crippen LogP contribution in [0.4, 0.5) is 4.79 Å². The quantitative estimate of drug-likeness (QED) is 0.828. The number of nitrogens with zero attached hydrogens (tertiary/aromatic N) is 3. The number of carboxylic acids is 1.